The fraction of sp³-hybridized carbons (Fsp3) is 0.500. The van der Waals surface area contributed by atoms with Crippen LogP contribution < -0.4 is 10.1 Å². The number of hydrogen-bond donors (Lipinski definition) is 1. The number of amides is 1. The van der Waals surface area contributed by atoms with Gasteiger partial charge < -0.3 is 10.1 Å². The molecule has 108 valence electrons. The zero-order valence-corrected chi connectivity index (χ0v) is 11.9. The summed E-state index contributed by atoms with van der Waals surface area (Å²) in [7, 11) is 0. The van der Waals surface area contributed by atoms with E-state index in [0.717, 1.165) is 24.7 Å². The van der Waals surface area contributed by atoms with E-state index in [1.165, 1.54) is 19.3 Å². The molecule has 1 amide bonds. The van der Waals surface area contributed by atoms with Crippen LogP contribution in [0.1, 0.15) is 48.0 Å². The Labute approximate surface area is 119 Å². The highest BCUT2D eigenvalue weighted by Crippen LogP contribution is 2.19. The van der Waals surface area contributed by atoms with E-state index >= 15 is 0 Å². The maximum absolute atomic E-state index is 11.8. The van der Waals surface area contributed by atoms with Crippen molar-refractivity contribution in [3.05, 3.63) is 29.3 Å². The van der Waals surface area contributed by atoms with Crippen molar-refractivity contribution in [3.8, 4) is 5.75 Å². The fourth-order valence-corrected chi connectivity index (χ4v) is 2.55. The summed E-state index contributed by atoms with van der Waals surface area (Å²) in [6.07, 6.45) is 6.47. The Morgan fingerprint density at radius 3 is 2.80 bits per heavy atom. The first-order chi connectivity index (χ1) is 9.69. The molecule has 0 aromatic heterocycles. The lowest BCUT2D eigenvalue weighted by Gasteiger charge is -2.22. The average molecular weight is 275 g/mol. The molecule has 1 aliphatic rings. The second-order valence-electron chi connectivity index (χ2n) is 5.35. The van der Waals surface area contributed by atoms with E-state index in [1.807, 2.05) is 13.0 Å². The van der Waals surface area contributed by atoms with Gasteiger partial charge in [0, 0.05) is 6.04 Å². The number of ether oxygens (including phenoxy) is 1. The smallest absolute Gasteiger partial charge is 0.258 e. The first-order valence-corrected chi connectivity index (χ1v) is 7.17. The van der Waals surface area contributed by atoms with Crippen molar-refractivity contribution in [3.63, 3.8) is 0 Å². The topological polar surface area (TPSA) is 55.4 Å². The monoisotopic (exact) mass is 275 g/mol. The van der Waals surface area contributed by atoms with Gasteiger partial charge in [0.2, 0.25) is 0 Å². The number of aldehydes is 1. The molecule has 0 atom stereocenters. The molecular formula is C16H21NO3. The summed E-state index contributed by atoms with van der Waals surface area (Å²) in [5, 5.41) is 2.99. The zero-order chi connectivity index (χ0) is 14.4. The third-order valence-corrected chi connectivity index (χ3v) is 3.62. The number of hydrogen-bond acceptors (Lipinski definition) is 3. The van der Waals surface area contributed by atoms with Crippen molar-refractivity contribution < 1.29 is 14.3 Å². The highest BCUT2D eigenvalue weighted by Gasteiger charge is 2.16. The van der Waals surface area contributed by atoms with Crippen LogP contribution in [0, 0.1) is 6.92 Å². The van der Waals surface area contributed by atoms with E-state index in [1.54, 1.807) is 12.1 Å². The Kier molecular flexibility index (Phi) is 5.16. The molecule has 20 heavy (non-hydrogen) atoms. The molecule has 0 radical (unpaired) electrons. The van der Waals surface area contributed by atoms with Gasteiger partial charge in [-0.2, -0.15) is 0 Å². The zero-order valence-electron chi connectivity index (χ0n) is 11.9. The second-order valence-corrected chi connectivity index (χ2v) is 5.35. The van der Waals surface area contributed by atoms with Gasteiger partial charge in [0.15, 0.2) is 12.9 Å². The highest BCUT2D eigenvalue weighted by atomic mass is 16.5. The molecule has 1 aromatic carbocycles. The minimum Gasteiger partial charge on any atom is -0.483 e. The van der Waals surface area contributed by atoms with Gasteiger partial charge in [-0.1, -0.05) is 30.9 Å². The second kappa shape index (κ2) is 7.08. The molecule has 0 saturated heterocycles. The minimum atomic E-state index is -0.116. The summed E-state index contributed by atoms with van der Waals surface area (Å²) in [5.74, 6) is 0.346. The molecule has 1 aromatic rings. The summed E-state index contributed by atoms with van der Waals surface area (Å²) < 4.78 is 5.44. The van der Waals surface area contributed by atoms with Crippen molar-refractivity contribution in [1.82, 2.24) is 5.32 Å². The van der Waals surface area contributed by atoms with Crippen LogP contribution in [0.15, 0.2) is 18.2 Å². The van der Waals surface area contributed by atoms with Crippen molar-refractivity contribution in [2.24, 2.45) is 0 Å². The van der Waals surface area contributed by atoms with Crippen LogP contribution in [0.3, 0.4) is 0 Å². The van der Waals surface area contributed by atoms with Crippen LogP contribution in [-0.2, 0) is 4.79 Å². The fourth-order valence-electron chi connectivity index (χ4n) is 2.55. The molecule has 0 unspecified atom stereocenters. The molecule has 0 bridgehead atoms. The summed E-state index contributed by atoms with van der Waals surface area (Å²) >= 11 is 0. The molecule has 0 heterocycles. The minimum absolute atomic E-state index is 0.0413. The van der Waals surface area contributed by atoms with Crippen LogP contribution in [-0.4, -0.2) is 24.8 Å². The van der Waals surface area contributed by atoms with Crippen LogP contribution in [0.5, 0.6) is 5.75 Å². The van der Waals surface area contributed by atoms with Gasteiger partial charge >= 0.3 is 0 Å². The lowest BCUT2D eigenvalue weighted by atomic mass is 9.95. The molecular weight excluding hydrogens is 254 g/mol. The normalized spacial score (nSPS) is 15.7. The Hall–Kier alpha value is -1.84. The van der Waals surface area contributed by atoms with Crippen molar-refractivity contribution in [2.45, 2.75) is 45.1 Å². The standard InChI is InChI=1S/C16H21NO3/c1-12-7-8-15(13(9-12)10-18)20-11-16(19)17-14-5-3-2-4-6-14/h7-10,14H,2-6,11H2,1H3,(H,17,19). The molecule has 1 N–H and O–H groups in total. The van der Waals surface area contributed by atoms with Gasteiger partial charge in [-0.3, -0.25) is 9.59 Å². The number of benzene rings is 1. The van der Waals surface area contributed by atoms with Gasteiger partial charge in [-0.05, 0) is 31.9 Å². The first-order valence-electron chi connectivity index (χ1n) is 7.17. The maximum Gasteiger partial charge on any atom is 0.258 e. The van der Waals surface area contributed by atoms with Crippen molar-refractivity contribution in [2.75, 3.05) is 6.61 Å². The molecule has 2 rings (SSSR count). The third-order valence-electron chi connectivity index (χ3n) is 3.62. The molecule has 0 aliphatic heterocycles. The molecule has 0 spiro atoms. The van der Waals surface area contributed by atoms with Gasteiger partial charge in [-0.15, -0.1) is 0 Å². The predicted molar refractivity (Wildman–Crippen MR) is 77.1 cm³/mol. The summed E-state index contributed by atoms with van der Waals surface area (Å²) in [4.78, 5) is 22.8. The van der Waals surface area contributed by atoms with Crippen LogP contribution in [0.2, 0.25) is 0 Å². The van der Waals surface area contributed by atoms with Gasteiger partial charge in [0.05, 0.1) is 5.56 Å². The molecule has 4 heteroatoms. The quantitative estimate of drug-likeness (QED) is 0.840. The van der Waals surface area contributed by atoms with Gasteiger partial charge in [-0.25, -0.2) is 0 Å². The number of carbonyl (C=O) groups is 2. The molecule has 1 saturated carbocycles. The first kappa shape index (κ1) is 14.6. The lowest BCUT2D eigenvalue weighted by molar-refractivity contribution is -0.124. The molecule has 4 nitrogen and oxygen atoms in total. The Morgan fingerprint density at radius 2 is 2.10 bits per heavy atom. The number of aryl methyl sites for hydroxylation is 1. The van der Waals surface area contributed by atoms with Crippen LogP contribution in [0.4, 0.5) is 0 Å². The summed E-state index contributed by atoms with van der Waals surface area (Å²) in [6.45, 7) is 1.87. The van der Waals surface area contributed by atoms with Crippen molar-refractivity contribution in [1.29, 1.82) is 0 Å². The largest absolute Gasteiger partial charge is 0.483 e. The third kappa shape index (κ3) is 4.08. The van der Waals surface area contributed by atoms with E-state index in [4.69, 9.17) is 4.74 Å². The van der Waals surface area contributed by atoms with E-state index < -0.39 is 0 Å². The Balaban J connectivity index is 1.85. The van der Waals surface area contributed by atoms with E-state index in [-0.39, 0.29) is 18.6 Å². The number of rotatable bonds is 5. The van der Waals surface area contributed by atoms with Crippen LogP contribution in [0.25, 0.3) is 0 Å². The number of carbonyl (C=O) groups excluding carboxylic acids is 2. The highest BCUT2D eigenvalue weighted by molar-refractivity contribution is 5.81. The van der Waals surface area contributed by atoms with E-state index in [9.17, 15) is 9.59 Å². The predicted octanol–water partition coefficient (Wildman–Crippen LogP) is 2.64. The maximum atomic E-state index is 11.8. The SMILES string of the molecule is Cc1ccc(OCC(=O)NC2CCCCC2)c(C=O)c1. The molecule has 1 aliphatic carbocycles. The van der Waals surface area contributed by atoms with Gasteiger partial charge in [0.1, 0.15) is 5.75 Å². The van der Waals surface area contributed by atoms with E-state index in [0.29, 0.717) is 11.3 Å². The Morgan fingerprint density at radius 1 is 1.35 bits per heavy atom. The van der Waals surface area contributed by atoms with E-state index in [2.05, 4.69) is 5.32 Å². The van der Waals surface area contributed by atoms with Crippen LogP contribution >= 0.6 is 0 Å². The Bertz CT molecular complexity index is 479. The average Bonchev–Trinajstić information content (AvgIpc) is 2.47. The summed E-state index contributed by atoms with van der Waals surface area (Å²) in [5.41, 5.74) is 1.47. The lowest BCUT2D eigenvalue weighted by Crippen LogP contribution is -2.39. The molecule has 1 fully saturated rings. The van der Waals surface area contributed by atoms with Gasteiger partial charge in [0.25, 0.3) is 5.91 Å². The summed E-state index contributed by atoms with van der Waals surface area (Å²) in [6, 6.07) is 5.62. The van der Waals surface area contributed by atoms with Crippen molar-refractivity contribution >= 4 is 12.2 Å². The number of nitrogens with one attached hydrogen (secondary N) is 1.